The lowest BCUT2D eigenvalue weighted by Gasteiger charge is -2.32. The molecule has 0 fully saturated rings. The molecule has 86 valence electrons. The van der Waals surface area contributed by atoms with Crippen LogP contribution in [0, 0.1) is 0 Å². The van der Waals surface area contributed by atoms with Gasteiger partial charge in [-0.3, -0.25) is 0 Å². The van der Waals surface area contributed by atoms with Gasteiger partial charge in [-0.25, -0.2) is 0 Å². The summed E-state index contributed by atoms with van der Waals surface area (Å²) >= 11 is 0. The van der Waals surface area contributed by atoms with E-state index in [0.29, 0.717) is 0 Å². The van der Waals surface area contributed by atoms with Crippen molar-refractivity contribution in [3.8, 4) is 0 Å². The van der Waals surface area contributed by atoms with Gasteiger partial charge in [0.2, 0.25) is 0 Å². The highest BCUT2D eigenvalue weighted by Gasteiger charge is 2.27. The molecule has 0 bridgehead atoms. The molecule has 0 radical (unpaired) electrons. The van der Waals surface area contributed by atoms with Crippen molar-refractivity contribution in [2.24, 2.45) is 0 Å². The summed E-state index contributed by atoms with van der Waals surface area (Å²) in [5.74, 6) is 0. The van der Waals surface area contributed by atoms with Crippen LogP contribution in [-0.2, 0) is 4.52 Å². The molecule has 0 aliphatic carbocycles. The number of unbranched alkanes of at least 4 members (excludes halogenated alkanes) is 2. The molecular formula is C12H27OP. The third-order valence-electron chi connectivity index (χ3n) is 2.93. The minimum Gasteiger partial charge on any atom is -0.359 e. The Kier molecular flexibility index (Phi) is 8.92. The quantitative estimate of drug-likeness (QED) is 0.509. The van der Waals surface area contributed by atoms with Gasteiger partial charge in [-0.1, -0.05) is 52.9 Å². The molecule has 1 nitrogen and oxygen atoms in total. The fourth-order valence-corrected chi connectivity index (χ4v) is 2.36. The Morgan fingerprint density at radius 2 is 1.36 bits per heavy atom. The summed E-state index contributed by atoms with van der Waals surface area (Å²) in [4.78, 5) is 0. The molecule has 2 heteroatoms. The first-order valence-corrected chi connectivity index (χ1v) is 6.59. The van der Waals surface area contributed by atoms with Gasteiger partial charge >= 0.3 is 0 Å². The molecule has 0 spiro atoms. The molecule has 0 aromatic carbocycles. The molecule has 0 saturated heterocycles. The van der Waals surface area contributed by atoms with Crippen LogP contribution in [-0.4, -0.2) is 5.60 Å². The van der Waals surface area contributed by atoms with Gasteiger partial charge in [-0.05, 0) is 19.3 Å². The van der Waals surface area contributed by atoms with E-state index in [1.807, 2.05) is 0 Å². The zero-order chi connectivity index (χ0) is 10.9. The number of hydrogen-bond acceptors (Lipinski definition) is 1. The Hall–Kier alpha value is 0.390. The maximum absolute atomic E-state index is 5.70. The second-order valence-electron chi connectivity index (χ2n) is 4.26. The van der Waals surface area contributed by atoms with Crippen molar-refractivity contribution >= 4 is 9.47 Å². The molecule has 1 atom stereocenters. The lowest BCUT2D eigenvalue weighted by atomic mass is 9.87. The number of hydrogen-bond donors (Lipinski definition) is 0. The topological polar surface area (TPSA) is 9.23 Å². The van der Waals surface area contributed by atoms with Crippen molar-refractivity contribution < 1.29 is 4.52 Å². The zero-order valence-electron chi connectivity index (χ0n) is 10.1. The Morgan fingerprint density at radius 3 is 1.64 bits per heavy atom. The van der Waals surface area contributed by atoms with E-state index in [4.69, 9.17) is 4.52 Å². The summed E-state index contributed by atoms with van der Waals surface area (Å²) in [6.45, 7) is 6.75. The highest BCUT2D eigenvalue weighted by molar-refractivity contribution is 7.09. The molecule has 0 aromatic rings. The van der Waals surface area contributed by atoms with Crippen LogP contribution in [0.1, 0.15) is 72.1 Å². The fourth-order valence-electron chi connectivity index (χ4n) is 2.01. The van der Waals surface area contributed by atoms with E-state index >= 15 is 0 Å². The normalized spacial score (nSPS) is 12.0. The average Bonchev–Trinajstić information content (AvgIpc) is 2.22. The van der Waals surface area contributed by atoms with E-state index in [9.17, 15) is 0 Å². The van der Waals surface area contributed by atoms with Crippen LogP contribution in [0.3, 0.4) is 0 Å². The van der Waals surface area contributed by atoms with Gasteiger partial charge in [0.15, 0.2) is 0 Å². The monoisotopic (exact) mass is 218 g/mol. The molecule has 0 rings (SSSR count). The maximum atomic E-state index is 5.70. The minimum atomic E-state index is 0.158. The highest BCUT2D eigenvalue weighted by Crippen LogP contribution is 2.32. The Bertz CT molecular complexity index is 117. The second-order valence-corrected chi connectivity index (χ2v) is 4.49. The smallest absolute Gasteiger partial charge is 0.0718 e. The van der Waals surface area contributed by atoms with E-state index < -0.39 is 0 Å². The average molecular weight is 218 g/mol. The number of rotatable bonds is 9. The predicted molar refractivity (Wildman–Crippen MR) is 67.5 cm³/mol. The molecule has 0 amide bonds. The van der Waals surface area contributed by atoms with Crippen LogP contribution in [0.25, 0.3) is 0 Å². The molecule has 0 aromatic heterocycles. The molecule has 0 aliphatic heterocycles. The van der Waals surface area contributed by atoms with Gasteiger partial charge in [0, 0.05) is 9.47 Å². The van der Waals surface area contributed by atoms with E-state index in [1.165, 1.54) is 51.4 Å². The lowest BCUT2D eigenvalue weighted by Crippen LogP contribution is -2.29. The first kappa shape index (κ1) is 14.4. The first-order chi connectivity index (χ1) is 6.74. The van der Waals surface area contributed by atoms with E-state index in [1.54, 1.807) is 0 Å². The third-order valence-corrected chi connectivity index (χ3v) is 3.43. The van der Waals surface area contributed by atoms with Crippen LogP contribution in [0.15, 0.2) is 0 Å². The van der Waals surface area contributed by atoms with Gasteiger partial charge < -0.3 is 4.52 Å². The van der Waals surface area contributed by atoms with Gasteiger partial charge in [0.25, 0.3) is 0 Å². The predicted octanol–water partition coefficient (Wildman–Crippen LogP) is 4.71. The molecule has 1 unspecified atom stereocenters. The van der Waals surface area contributed by atoms with Crippen LogP contribution in [0.4, 0.5) is 0 Å². The molecule has 0 heterocycles. The second kappa shape index (κ2) is 8.68. The molecule has 14 heavy (non-hydrogen) atoms. The summed E-state index contributed by atoms with van der Waals surface area (Å²) in [7, 11) is 2.49. The minimum absolute atomic E-state index is 0.158. The lowest BCUT2D eigenvalue weighted by molar-refractivity contribution is 0.0569. The fraction of sp³-hybridized carbons (Fsp3) is 1.00. The van der Waals surface area contributed by atoms with Crippen molar-refractivity contribution in [1.29, 1.82) is 0 Å². The molecular weight excluding hydrogens is 191 g/mol. The Morgan fingerprint density at radius 1 is 0.857 bits per heavy atom. The van der Waals surface area contributed by atoms with Gasteiger partial charge in [-0.15, -0.1) is 0 Å². The van der Waals surface area contributed by atoms with Crippen molar-refractivity contribution in [3.63, 3.8) is 0 Å². The maximum Gasteiger partial charge on any atom is 0.0718 e. The van der Waals surface area contributed by atoms with E-state index in [2.05, 4.69) is 30.2 Å². The summed E-state index contributed by atoms with van der Waals surface area (Å²) in [6.07, 6.45) is 9.99. The van der Waals surface area contributed by atoms with Crippen LogP contribution in [0.5, 0.6) is 0 Å². The van der Waals surface area contributed by atoms with Crippen molar-refractivity contribution in [2.75, 3.05) is 0 Å². The molecule has 0 N–H and O–H groups in total. The molecule has 0 aliphatic rings. The van der Waals surface area contributed by atoms with Crippen molar-refractivity contribution in [3.05, 3.63) is 0 Å². The van der Waals surface area contributed by atoms with Crippen LogP contribution in [0.2, 0.25) is 0 Å². The van der Waals surface area contributed by atoms with E-state index in [-0.39, 0.29) is 5.60 Å². The zero-order valence-corrected chi connectivity index (χ0v) is 11.3. The standard InChI is InChI=1S/C12H27OP/c1-4-7-10-12(13-14,9-6-3)11-8-5-2/h4-11,14H2,1-3H3. The van der Waals surface area contributed by atoms with Crippen LogP contribution >= 0.6 is 9.47 Å². The van der Waals surface area contributed by atoms with Gasteiger partial charge in [-0.2, -0.15) is 0 Å². The van der Waals surface area contributed by atoms with Crippen LogP contribution < -0.4 is 0 Å². The molecule has 0 saturated carbocycles. The van der Waals surface area contributed by atoms with E-state index in [0.717, 1.165) is 0 Å². The van der Waals surface area contributed by atoms with Gasteiger partial charge in [0.05, 0.1) is 5.60 Å². The van der Waals surface area contributed by atoms with Crippen molar-refractivity contribution in [2.45, 2.75) is 77.7 Å². The summed E-state index contributed by atoms with van der Waals surface area (Å²) in [5.41, 5.74) is 0.158. The first-order valence-electron chi connectivity index (χ1n) is 6.12. The Balaban J connectivity index is 4.11. The van der Waals surface area contributed by atoms with Gasteiger partial charge in [0.1, 0.15) is 0 Å². The summed E-state index contributed by atoms with van der Waals surface area (Å²) in [6, 6.07) is 0. The largest absolute Gasteiger partial charge is 0.359 e. The highest BCUT2D eigenvalue weighted by atomic mass is 31.0. The summed E-state index contributed by atoms with van der Waals surface area (Å²) < 4.78 is 5.70. The third kappa shape index (κ3) is 5.32. The SMILES string of the molecule is CCCCC(CCC)(CCCC)OP. The summed E-state index contributed by atoms with van der Waals surface area (Å²) in [5, 5.41) is 0. The Labute approximate surface area is 92.3 Å². The van der Waals surface area contributed by atoms with Crippen molar-refractivity contribution in [1.82, 2.24) is 0 Å².